The van der Waals surface area contributed by atoms with E-state index in [-0.39, 0.29) is 30.2 Å². The van der Waals surface area contributed by atoms with E-state index < -0.39 is 24.5 Å². The third-order valence-electron chi connectivity index (χ3n) is 3.98. The average molecular weight is 320 g/mol. The van der Waals surface area contributed by atoms with Gasteiger partial charge < -0.3 is 10.1 Å². The van der Waals surface area contributed by atoms with E-state index in [1.54, 1.807) is 0 Å². The summed E-state index contributed by atoms with van der Waals surface area (Å²) in [6.07, 6.45) is 5.28. The van der Waals surface area contributed by atoms with Crippen LogP contribution in [-0.2, 0) is 23.9 Å². The number of allylic oxidation sites excluding steroid dienone is 2. The molecular formula is C16H20N2O5. The van der Waals surface area contributed by atoms with Crippen molar-refractivity contribution in [2.75, 3.05) is 13.1 Å². The number of imide groups is 1. The number of nitrogens with one attached hydrogen (secondary N) is 1. The highest BCUT2D eigenvalue weighted by atomic mass is 16.5. The van der Waals surface area contributed by atoms with E-state index in [9.17, 15) is 19.2 Å². The highest BCUT2D eigenvalue weighted by molar-refractivity contribution is 6.07. The summed E-state index contributed by atoms with van der Waals surface area (Å²) >= 11 is 0. The van der Waals surface area contributed by atoms with Crippen molar-refractivity contribution in [3.05, 3.63) is 24.8 Å². The molecule has 0 unspecified atom stereocenters. The second-order valence-electron chi connectivity index (χ2n) is 5.58. The van der Waals surface area contributed by atoms with E-state index in [1.165, 1.54) is 13.0 Å². The van der Waals surface area contributed by atoms with Crippen LogP contribution in [0.4, 0.5) is 0 Å². The van der Waals surface area contributed by atoms with Crippen LogP contribution in [0.1, 0.15) is 19.8 Å². The van der Waals surface area contributed by atoms with E-state index in [4.69, 9.17) is 4.74 Å². The fourth-order valence-corrected chi connectivity index (χ4v) is 2.76. The third-order valence-corrected chi connectivity index (χ3v) is 3.98. The minimum absolute atomic E-state index is 0.264. The zero-order valence-electron chi connectivity index (χ0n) is 13.0. The summed E-state index contributed by atoms with van der Waals surface area (Å²) < 4.78 is 4.97. The molecule has 1 fully saturated rings. The molecule has 23 heavy (non-hydrogen) atoms. The van der Waals surface area contributed by atoms with Crippen molar-refractivity contribution in [1.82, 2.24) is 10.2 Å². The number of esters is 1. The summed E-state index contributed by atoms with van der Waals surface area (Å²) in [5, 5.41) is 2.50. The maximum absolute atomic E-state index is 12.2. The first-order valence-electron chi connectivity index (χ1n) is 7.54. The van der Waals surface area contributed by atoms with Crippen molar-refractivity contribution < 1.29 is 23.9 Å². The predicted octanol–water partition coefficient (Wildman–Crippen LogP) is 0.171. The van der Waals surface area contributed by atoms with Gasteiger partial charge in [-0.1, -0.05) is 18.2 Å². The highest BCUT2D eigenvalue weighted by Gasteiger charge is 2.47. The zero-order chi connectivity index (χ0) is 17.0. The van der Waals surface area contributed by atoms with Crippen molar-refractivity contribution in [2.45, 2.75) is 25.9 Å². The molecule has 0 spiro atoms. The van der Waals surface area contributed by atoms with Gasteiger partial charge in [0.1, 0.15) is 6.54 Å². The van der Waals surface area contributed by atoms with Crippen LogP contribution in [0.15, 0.2) is 24.8 Å². The minimum Gasteiger partial charge on any atom is -0.451 e. The molecule has 0 aromatic rings. The van der Waals surface area contributed by atoms with E-state index >= 15 is 0 Å². The Morgan fingerprint density at radius 3 is 2.43 bits per heavy atom. The normalized spacial score (nSPS) is 24.1. The van der Waals surface area contributed by atoms with Crippen molar-refractivity contribution in [2.24, 2.45) is 11.8 Å². The molecule has 1 N–H and O–H groups in total. The van der Waals surface area contributed by atoms with Crippen molar-refractivity contribution >= 4 is 23.7 Å². The van der Waals surface area contributed by atoms with E-state index in [0.29, 0.717) is 12.8 Å². The Morgan fingerprint density at radius 2 is 1.91 bits per heavy atom. The smallest absolute Gasteiger partial charge is 0.326 e. The lowest BCUT2D eigenvalue weighted by atomic mass is 9.85. The van der Waals surface area contributed by atoms with E-state index in [2.05, 4.69) is 11.9 Å². The van der Waals surface area contributed by atoms with Crippen LogP contribution in [0.5, 0.6) is 0 Å². The number of carbonyl (C=O) groups excluding carboxylic acids is 4. The molecule has 3 atom stereocenters. The topological polar surface area (TPSA) is 92.8 Å². The standard InChI is InChI=1S/C16H20N2O5/c1-3-8-17-14(20)10(2)23-13(19)9-18-15(21)11-6-4-5-7-12(11)16(18)22/h3-5,10-12H,1,6-9H2,2H3,(H,17,20)/t10-,11-,12+/m1/s1. The molecule has 7 heteroatoms. The SMILES string of the molecule is C=CCNC(=O)[C@@H](C)OC(=O)CN1C(=O)[C@H]2CC=CC[C@H]2C1=O. The molecule has 0 radical (unpaired) electrons. The Hall–Kier alpha value is -2.44. The molecule has 124 valence electrons. The predicted molar refractivity (Wildman–Crippen MR) is 80.8 cm³/mol. The second kappa shape index (κ2) is 7.21. The van der Waals surface area contributed by atoms with Gasteiger partial charge >= 0.3 is 5.97 Å². The molecule has 7 nitrogen and oxygen atoms in total. The van der Waals surface area contributed by atoms with Gasteiger partial charge in [-0.3, -0.25) is 24.1 Å². The van der Waals surface area contributed by atoms with Crippen LogP contribution >= 0.6 is 0 Å². The molecule has 0 aromatic carbocycles. The van der Waals surface area contributed by atoms with Gasteiger partial charge in [-0.2, -0.15) is 0 Å². The first kappa shape index (κ1) is 16.9. The first-order valence-corrected chi connectivity index (χ1v) is 7.54. The number of likely N-dealkylation sites (tertiary alicyclic amines) is 1. The number of carbonyl (C=O) groups is 4. The first-order chi connectivity index (χ1) is 11.0. The van der Waals surface area contributed by atoms with Gasteiger partial charge in [0.05, 0.1) is 11.8 Å². The summed E-state index contributed by atoms with van der Waals surface area (Å²) in [7, 11) is 0. The number of ether oxygens (including phenoxy) is 1. The summed E-state index contributed by atoms with van der Waals surface area (Å²) in [5.74, 6) is -2.69. The quantitative estimate of drug-likeness (QED) is 0.428. The van der Waals surface area contributed by atoms with Gasteiger partial charge in [0, 0.05) is 6.54 Å². The van der Waals surface area contributed by atoms with Crippen molar-refractivity contribution in [1.29, 1.82) is 0 Å². The molecule has 1 aliphatic carbocycles. The minimum atomic E-state index is -1.00. The molecule has 3 amide bonds. The highest BCUT2D eigenvalue weighted by Crippen LogP contribution is 2.34. The molecular weight excluding hydrogens is 300 g/mol. The van der Waals surface area contributed by atoms with Gasteiger partial charge in [0.2, 0.25) is 11.8 Å². The van der Waals surface area contributed by atoms with Gasteiger partial charge in [0.25, 0.3) is 5.91 Å². The maximum atomic E-state index is 12.2. The molecule has 1 saturated heterocycles. The Bertz CT molecular complexity index is 543. The van der Waals surface area contributed by atoms with Crippen LogP contribution in [0.3, 0.4) is 0 Å². The molecule has 0 aromatic heterocycles. The van der Waals surface area contributed by atoms with Gasteiger partial charge in [-0.25, -0.2) is 0 Å². The van der Waals surface area contributed by atoms with Crippen molar-refractivity contribution in [3.63, 3.8) is 0 Å². The number of amides is 3. The summed E-state index contributed by atoms with van der Waals surface area (Å²) in [4.78, 5) is 48.9. The van der Waals surface area contributed by atoms with E-state index in [1.807, 2.05) is 12.2 Å². The number of rotatable bonds is 6. The number of nitrogens with zero attached hydrogens (tertiary/aromatic N) is 1. The van der Waals surface area contributed by atoms with Crippen LogP contribution in [0.25, 0.3) is 0 Å². The van der Waals surface area contributed by atoms with Crippen LogP contribution < -0.4 is 5.32 Å². The lowest BCUT2D eigenvalue weighted by Crippen LogP contribution is -2.41. The average Bonchev–Trinajstić information content (AvgIpc) is 2.78. The second-order valence-corrected chi connectivity index (χ2v) is 5.58. The molecule has 1 heterocycles. The van der Waals surface area contributed by atoms with Crippen LogP contribution in [0.2, 0.25) is 0 Å². The molecule has 1 aliphatic heterocycles. The molecule has 2 aliphatic rings. The lowest BCUT2D eigenvalue weighted by molar-refractivity contribution is -0.159. The molecule has 0 saturated carbocycles. The van der Waals surface area contributed by atoms with Gasteiger partial charge in [0.15, 0.2) is 6.10 Å². The van der Waals surface area contributed by atoms with Gasteiger partial charge in [-0.05, 0) is 19.8 Å². The van der Waals surface area contributed by atoms with E-state index in [0.717, 1.165) is 4.90 Å². The lowest BCUT2D eigenvalue weighted by Gasteiger charge is -2.16. The van der Waals surface area contributed by atoms with Crippen LogP contribution in [-0.4, -0.2) is 47.8 Å². The molecule has 2 rings (SSSR count). The Morgan fingerprint density at radius 1 is 1.35 bits per heavy atom. The third kappa shape index (κ3) is 3.67. The largest absolute Gasteiger partial charge is 0.451 e. The van der Waals surface area contributed by atoms with Crippen LogP contribution in [0, 0.1) is 11.8 Å². The van der Waals surface area contributed by atoms with Gasteiger partial charge in [-0.15, -0.1) is 6.58 Å². The zero-order valence-corrected chi connectivity index (χ0v) is 13.0. The number of hydrogen-bond acceptors (Lipinski definition) is 5. The summed E-state index contributed by atoms with van der Waals surface area (Å²) in [6.45, 7) is 4.70. The number of hydrogen-bond donors (Lipinski definition) is 1. The summed E-state index contributed by atoms with van der Waals surface area (Å²) in [6, 6.07) is 0. The van der Waals surface area contributed by atoms with Crippen molar-refractivity contribution in [3.8, 4) is 0 Å². The summed E-state index contributed by atoms with van der Waals surface area (Å²) in [5.41, 5.74) is 0. The Kier molecular flexibility index (Phi) is 5.31. The fraction of sp³-hybridized carbons (Fsp3) is 0.500. The maximum Gasteiger partial charge on any atom is 0.326 e. The Balaban J connectivity index is 1.90. The monoisotopic (exact) mass is 320 g/mol. The Labute approximate surface area is 134 Å². The number of fused-ring (bicyclic) bond motifs is 1. The fourth-order valence-electron chi connectivity index (χ4n) is 2.76. The molecule has 0 bridgehead atoms.